The van der Waals surface area contributed by atoms with E-state index >= 15 is 0 Å². The van der Waals surface area contributed by atoms with E-state index < -0.39 is 0 Å². The maximum Gasteiger partial charge on any atom is 0.305 e. The molecule has 24 heavy (non-hydrogen) atoms. The van der Waals surface area contributed by atoms with Gasteiger partial charge in [0.15, 0.2) is 11.5 Å². The first-order chi connectivity index (χ1) is 11.7. The monoisotopic (exact) mass is 361 g/mol. The number of H-pyrrole nitrogens is 1. The van der Waals surface area contributed by atoms with Crippen LogP contribution in [0.1, 0.15) is 35.6 Å². The first kappa shape index (κ1) is 14.9. The van der Waals surface area contributed by atoms with Crippen LogP contribution in [0, 0.1) is 17.8 Å². The van der Waals surface area contributed by atoms with Crippen LogP contribution in [0.15, 0.2) is 28.0 Å². The molecule has 3 aliphatic rings. The lowest BCUT2D eigenvalue weighted by molar-refractivity contribution is 0.306. The van der Waals surface area contributed by atoms with E-state index in [0.717, 1.165) is 22.4 Å². The number of ether oxygens (including phenoxy) is 1. The maximum atomic E-state index is 12.0. The Morgan fingerprint density at radius 1 is 1.29 bits per heavy atom. The van der Waals surface area contributed by atoms with Gasteiger partial charge in [-0.3, -0.25) is 4.79 Å². The number of fused-ring (bicyclic) bond motifs is 6. The Labute approximate surface area is 148 Å². The summed E-state index contributed by atoms with van der Waals surface area (Å²) in [6, 6.07) is 5.66. The number of nitrogens with one attached hydrogen (secondary N) is 1. The summed E-state index contributed by atoms with van der Waals surface area (Å²) in [5.41, 5.74) is 1.16. The number of hydrogen-bond acceptors (Lipinski definition) is 5. The van der Waals surface area contributed by atoms with Crippen LogP contribution in [0.4, 0.5) is 0 Å². The summed E-state index contributed by atoms with van der Waals surface area (Å²) >= 11 is 3.25. The summed E-state index contributed by atoms with van der Waals surface area (Å²) in [7, 11) is 1.58. The largest absolute Gasteiger partial charge is 0.504 e. The Kier molecular flexibility index (Phi) is 3.29. The number of methoxy groups -OCH3 is 1. The van der Waals surface area contributed by atoms with Gasteiger partial charge in [0.2, 0.25) is 0 Å². The van der Waals surface area contributed by atoms with Crippen LogP contribution in [-0.4, -0.2) is 22.5 Å². The average molecular weight is 361 g/mol. The lowest BCUT2D eigenvalue weighted by Gasteiger charge is -2.40. The van der Waals surface area contributed by atoms with Gasteiger partial charge in [-0.2, -0.15) is 0 Å². The second-order valence-electron chi connectivity index (χ2n) is 7.11. The predicted molar refractivity (Wildman–Crippen MR) is 95.4 cm³/mol. The molecule has 1 aromatic carbocycles. The quantitative estimate of drug-likeness (QED) is 0.854. The molecule has 0 saturated heterocycles. The minimum atomic E-state index is 0.0376. The van der Waals surface area contributed by atoms with Gasteiger partial charge < -0.3 is 14.8 Å². The van der Waals surface area contributed by atoms with Crippen molar-refractivity contribution in [1.29, 1.82) is 0 Å². The molecule has 2 bridgehead atoms. The van der Waals surface area contributed by atoms with Gasteiger partial charge in [0.05, 0.1) is 12.1 Å². The van der Waals surface area contributed by atoms with Gasteiger partial charge in [0.1, 0.15) is 0 Å². The first-order valence-electron chi connectivity index (χ1n) is 8.42. The molecule has 2 aromatic rings. The van der Waals surface area contributed by atoms with E-state index in [4.69, 9.17) is 4.74 Å². The summed E-state index contributed by atoms with van der Waals surface area (Å²) in [4.78, 5) is 16.3. The normalized spacial score (nSPS) is 33.3. The molecule has 1 aliphatic heterocycles. The van der Waals surface area contributed by atoms with Crippen LogP contribution in [0.25, 0.3) is 0 Å². The number of hydrogen-bond donors (Lipinski definition) is 2. The molecule has 0 amide bonds. The molecule has 2 saturated carbocycles. The summed E-state index contributed by atoms with van der Waals surface area (Å²) in [6.45, 7) is 0. The number of aromatic nitrogens is 1. The second-order valence-corrected chi connectivity index (χ2v) is 9.31. The molecule has 0 radical (unpaired) electrons. The number of rotatable bonds is 2. The van der Waals surface area contributed by atoms with Crippen LogP contribution < -0.4 is 9.61 Å². The Morgan fingerprint density at radius 2 is 2.12 bits per heavy atom. The maximum absolute atomic E-state index is 12.0. The fourth-order valence-electron chi connectivity index (χ4n) is 5.11. The van der Waals surface area contributed by atoms with E-state index in [0.29, 0.717) is 16.9 Å². The highest BCUT2D eigenvalue weighted by Crippen LogP contribution is 2.63. The summed E-state index contributed by atoms with van der Waals surface area (Å²) in [5.74, 6) is 3.03. The summed E-state index contributed by atoms with van der Waals surface area (Å²) in [5, 5.41) is 11.6. The molecule has 0 spiro atoms. The van der Waals surface area contributed by atoms with Crippen molar-refractivity contribution < 1.29 is 9.84 Å². The Hall–Kier alpha value is -1.40. The van der Waals surface area contributed by atoms with Crippen LogP contribution in [0.3, 0.4) is 0 Å². The molecule has 2 N–H and O–H groups in total. The molecule has 126 valence electrons. The number of phenolic OH excluding ortho intramolecular Hbond substituents is 1. The highest BCUT2D eigenvalue weighted by atomic mass is 32.2. The molecule has 2 fully saturated rings. The zero-order valence-corrected chi connectivity index (χ0v) is 15.0. The van der Waals surface area contributed by atoms with Gasteiger partial charge in [-0.15, -0.1) is 11.8 Å². The van der Waals surface area contributed by atoms with Crippen molar-refractivity contribution in [2.24, 2.45) is 17.8 Å². The molecule has 4 nitrogen and oxygen atoms in total. The third kappa shape index (κ3) is 2.02. The van der Waals surface area contributed by atoms with Gasteiger partial charge in [0.25, 0.3) is 0 Å². The molecule has 6 heteroatoms. The van der Waals surface area contributed by atoms with E-state index in [1.807, 2.05) is 23.9 Å². The summed E-state index contributed by atoms with van der Waals surface area (Å²) in [6.07, 6.45) is 3.97. The molecular weight excluding hydrogens is 342 g/mol. The molecule has 1 aromatic heterocycles. The van der Waals surface area contributed by atoms with Crippen molar-refractivity contribution in [1.82, 2.24) is 4.98 Å². The standard InChI is InChI=1S/C18H19NO3S2/c1-22-12-7-9(4-5-11(12)20)14-13-8-2-3-10(6-8)15(13)23-17-16(14)24-18(21)19-17/h4-5,7-8,10,13-15,20H,2-3,6H2,1H3,(H,19,21)/t8-,10+,13+,14+,15+/m0/s1. The average Bonchev–Trinajstić information content (AvgIpc) is 3.26. The molecule has 5 atom stereocenters. The summed E-state index contributed by atoms with van der Waals surface area (Å²) < 4.78 is 5.32. The topological polar surface area (TPSA) is 62.3 Å². The third-order valence-corrected chi connectivity index (χ3v) is 8.65. The number of phenols is 1. The molecule has 2 heterocycles. The Morgan fingerprint density at radius 3 is 2.96 bits per heavy atom. The lowest BCUT2D eigenvalue weighted by Crippen LogP contribution is -2.33. The van der Waals surface area contributed by atoms with Crippen molar-refractivity contribution in [2.45, 2.75) is 35.5 Å². The number of benzene rings is 1. The van der Waals surface area contributed by atoms with Gasteiger partial charge in [0, 0.05) is 16.0 Å². The van der Waals surface area contributed by atoms with Crippen molar-refractivity contribution in [3.63, 3.8) is 0 Å². The molecule has 0 unspecified atom stereocenters. The van der Waals surface area contributed by atoms with Gasteiger partial charge in [-0.05, 0) is 54.7 Å². The van der Waals surface area contributed by atoms with E-state index in [1.54, 1.807) is 13.2 Å². The number of aromatic amines is 1. The third-order valence-electron chi connectivity index (χ3n) is 6.03. The lowest BCUT2D eigenvalue weighted by atomic mass is 9.75. The van der Waals surface area contributed by atoms with E-state index in [1.165, 1.54) is 35.5 Å². The fraction of sp³-hybridized carbons (Fsp3) is 0.500. The highest BCUT2D eigenvalue weighted by Gasteiger charge is 2.54. The van der Waals surface area contributed by atoms with E-state index in [9.17, 15) is 9.90 Å². The number of thioether (sulfide) groups is 1. The van der Waals surface area contributed by atoms with Crippen molar-refractivity contribution in [3.05, 3.63) is 38.3 Å². The molecular formula is C18H19NO3S2. The second kappa shape index (κ2) is 5.30. The van der Waals surface area contributed by atoms with Crippen molar-refractivity contribution >= 4 is 23.1 Å². The van der Waals surface area contributed by atoms with E-state index in [-0.39, 0.29) is 16.5 Å². The van der Waals surface area contributed by atoms with Crippen LogP contribution in [0.2, 0.25) is 0 Å². The van der Waals surface area contributed by atoms with Crippen LogP contribution in [-0.2, 0) is 0 Å². The zero-order chi connectivity index (χ0) is 16.4. The van der Waals surface area contributed by atoms with Crippen molar-refractivity contribution in [3.8, 4) is 11.5 Å². The smallest absolute Gasteiger partial charge is 0.305 e. The van der Waals surface area contributed by atoms with E-state index in [2.05, 4.69) is 4.98 Å². The van der Waals surface area contributed by atoms with Gasteiger partial charge >= 0.3 is 4.87 Å². The Balaban J connectivity index is 1.68. The first-order valence-corrected chi connectivity index (χ1v) is 10.1. The number of aromatic hydroxyl groups is 1. The van der Waals surface area contributed by atoms with Gasteiger partial charge in [-0.25, -0.2) is 0 Å². The van der Waals surface area contributed by atoms with Crippen LogP contribution >= 0.6 is 23.1 Å². The van der Waals surface area contributed by atoms with Crippen LogP contribution in [0.5, 0.6) is 11.5 Å². The predicted octanol–water partition coefficient (Wildman–Crippen LogP) is 3.80. The zero-order valence-electron chi connectivity index (χ0n) is 13.3. The minimum absolute atomic E-state index is 0.0376. The van der Waals surface area contributed by atoms with Crippen molar-refractivity contribution in [2.75, 3.05) is 7.11 Å². The number of thiazole rings is 1. The highest BCUT2D eigenvalue weighted by molar-refractivity contribution is 8.00. The Bertz CT molecular complexity index is 858. The molecule has 2 aliphatic carbocycles. The van der Waals surface area contributed by atoms with Gasteiger partial charge in [-0.1, -0.05) is 17.4 Å². The minimum Gasteiger partial charge on any atom is -0.504 e. The molecule has 5 rings (SSSR count). The SMILES string of the molecule is COc1cc([C@H]2c3sc(=O)[nH]c3S[C@@H]3[C@@H]4CC[C@@H](C4)[C@H]23)ccc1O. The fourth-order valence-corrected chi connectivity index (χ4v) is 8.00.